The number of carbonyl (C=O) groups excluding carboxylic acids is 3. The van der Waals surface area contributed by atoms with Crippen molar-refractivity contribution in [3.05, 3.63) is 59.7 Å². The van der Waals surface area contributed by atoms with E-state index in [2.05, 4.69) is 17.4 Å². The minimum Gasteiger partial charge on any atom is -0.454 e. The molecule has 1 N–H and O–H groups in total. The molecule has 3 aliphatic rings. The van der Waals surface area contributed by atoms with E-state index < -0.39 is 17.5 Å². The zero-order valence-electron chi connectivity index (χ0n) is 18.6. The lowest BCUT2D eigenvalue weighted by Crippen LogP contribution is -2.46. The number of hydrogen-bond donors (Lipinski definition) is 1. The summed E-state index contributed by atoms with van der Waals surface area (Å²) in [6, 6.07) is 14.9. The number of nitrogens with zero attached hydrogens (tertiary/aromatic N) is 2. The van der Waals surface area contributed by atoms with Crippen LogP contribution in [0.5, 0.6) is 11.5 Å². The van der Waals surface area contributed by atoms with Crippen molar-refractivity contribution in [3.8, 4) is 11.5 Å². The fourth-order valence-corrected chi connectivity index (χ4v) is 4.81. The van der Waals surface area contributed by atoms with Crippen LogP contribution >= 0.6 is 0 Å². The van der Waals surface area contributed by atoms with Gasteiger partial charge in [-0.05, 0) is 55.4 Å². The van der Waals surface area contributed by atoms with Crippen LogP contribution in [0.3, 0.4) is 0 Å². The Morgan fingerprint density at radius 1 is 1.06 bits per heavy atom. The molecule has 0 aromatic heterocycles. The highest BCUT2D eigenvalue weighted by atomic mass is 16.7. The molecule has 2 aromatic carbocycles. The third-order valence-corrected chi connectivity index (χ3v) is 6.85. The molecule has 33 heavy (non-hydrogen) atoms. The third-order valence-electron chi connectivity index (χ3n) is 6.85. The molecule has 0 unspecified atom stereocenters. The molecule has 5 rings (SSSR count). The Bertz CT molecular complexity index is 1080. The van der Waals surface area contributed by atoms with E-state index in [9.17, 15) is 14.4 Å². The Hall–Kier alpha value is -3.55. The van der Waals surface area contributed by atoms with Gasteiger partial charge in [0.2, 0.25) is 12.7 Å². The number of nitrogens with one attached hydrogen (secondary N) is 1. The number of piperidine rings is 1. The maximum absolute atomic E-state index is 13.2. The molecule has 3 aliphatic heterocycles. The topological polar surface area (TPSA) is 88.2 Å². The minimum absolute atomic E-state index is 0.123. The van der Waals surface area contributed by atoms with Crippen molar-refractivity contribution in [3.63, 3.8) is 0 Å². The number of carbonyl (C=O) groups is 3. The van der Waals surface area contributed by atoms with Gasteiger partial charge in [-0.1, -0.05) is 36.4 Å². The van der Waals surface area contributed by atoms with Crippen molar-refractivity contribution >= 4 is 17.8 Å². The Balaban J connectivity index is 1.20. The van der Waals surface area contributed by atoms with Crippen LogP contribution < -0.4 is 14.8 Å². The maximum Gasteiger partial charge on any atom is 0.325 e. The van der Waals surface area contributed by atoms with Gasteiger partial charge in [0.25, 0.3) is 5.91 Å². The number of benzene rings is 2. The standard InChI is InChI=1S/C25H27N3O5/c1-25(19-7-8-20-21(14-19)33-16-32-20)23(30)28(24(31)26-25)15-22(29)27-11-9-18(10-12-27)13-17-5-3-2-4-6-17/h2-8,14,18H,9-13,15-16H2,1H3,(H,26,31)/t25-/m1/s1. The summed E-state index contributed by atoms with van der Waals surface area (Å²) in [5, 5.41) is 2.75. The van der Waals surface area contributed by atoms with Crippen LogP contribution in [0.15, 0.2) is 48.5 Å². The fraction of sp³-hybridized carbons (Fsp3) is 0.400. The van der Waals surface area contributed by atoms with Crippen LogP contribution in [0, 0.1) is 5.92 Å². The lowest BCUT2D eigenvalue weighted by Gasteiger charge is -2.33. The Morgan fingerprint density at radius 3 is 2.55 bits per heavy atom. The molecule has 8 nitrogen and oxygen atoms in total. The van der Waals surface area contributed by atoms with Crippen LogP contribution in [-0.2, 0) is 21.5 Å². The molecule has 0 aliphatic carbocycles. The molecule has 2 aromatic rings. The molecule has 2 saturated heterocycles. The molecule has 172 valence electrons. The van der Waals surface area contributed by atoms with Crippen LogP contribution in [0.1, 0.15) is 30.9 Å². The van der Waals surface area contributed by atoms with E-state index in [1.165, 1.54) is 5.56 Å². The summed E-state index contributed by atoms with van der Waals surface area (Å²) in [4.78, 5) is 41.6. The Kier molecular flexibility index (Phi) is 5.44. The van der Waals surface area contributed by atoms with Gasteiger partial charge in [0.15, 0.2) is 11.5 Å². The first kappa shape index (κ1) is 21.3. The van der Waals surface area contributed by atoms with Gasteiger partial charge < -0.3 is 19.7 Å². The van der Waals surface area contributed by atoms with Gasteiger partial charge in [0.1, 0.15) is 12.1 Å². The monoisotopic (exact) mass is 449 g/mol. The second kappa shape index (κ2) is 8.42. The van der Waals surface area contributed by atoms with E-state index in [-0.39, 0.29) is 19.2 Å². The first-order valence-corrected chi connectivity index (χ1v) is 11.3. The average molecular weight is 450 g/mol. The summed E-state index contributed by atoms with van der Waals surface area (Å²) in [5.74, 6) is 1.01. The Labute approximate surface area is 192 Å². The zero-order valence-corrected chi connectivity index (χ0v) is 18.6. The van der Waals surface area contributed by atoms with Crippen molar-refractivity contribution in [2.24, 2.45) is 5.92 Å². The number of imide groups is 1. The summed E-state index contributed by atoms with van der Waals surface area (Å²) < 4.78 is 10.7. The highest BCUT2D eigenvalue weighted by molar-refractivity contribution is 6.09. The van der Waals surface area contributed by atoms with Crippen molar-refractivity contribution in [2.75, 3.05) is 26.4 Å². The number of urea groups is 1. The van der Waals surface area contributed by atoms with Gasteiger partial charge in [0.05, 0.1) is 0 Å². The van der Waals surface area contributed by atoms with Gasteiger partial charge in [-0.25, -0.2) is 4.79 Å². The molecule has 2 fully saturated rings. The van der Waals surface area contributed by atoms with Crippen LogP contribution in [0.2, 0.25) is 0 Å². The fourth-order valence-electron chi connectivity index (χ4n) is 4.81. The van der Waals surface area contributed by atoms with Crippen LogP contribution in [0.25, 0.3) is 0 Å². The quantitative estimate of drug-likeness (QED) is 0.709. The van der Waals surface area contributed by atoms with E-state index in [4.69, 9.17) is 9.47 Å². The van der Waals surface area contributed by atoms with E-state index in [0.717, 1.165) is 24.2 Å². The van der Waals surface area contributed by atoms with Crippen molar-refractivity contribution in [1.29, 1.82) is 0 Å². The number of amides is 4. The van der Waals surface area contributed by atoms with E-state index in [1.807, 2.05) is 18.2 Å². The van der Waals surface area contributed by atoms with Gasteiger partial charge in [0, 0.05) is 13.1 Å². The van der Waals surface area contributed by atoms with Crippen LogP contribution in [0.4, 0.5) is 4.79 Å². The maximum atomic E-state index is 13.2. The predicted octanol–water partition coefficient (Wildman–Crippen LogP) is 2.66. The SMILES string of the molecule is C[C@]1(c2ccc3c(c2)OCO3)NC(=O)N(CC(=O)N2CCC(Cc3ccccc3)CC2)C1=O. The van der Waals surface area contributed by atoms with Crippen LogP contribution in [-0.4, -0.2) is 54.1 Å². The molecule has 8 heteroatoms. The second-order valence-corrected chi connectivity index (χ2v) is 9.03. The predicted molar refractivity (Wildman–Crippen MR) is 120 cm³/mol. The number of hydrogen-bond acceptors (Lipinski definition) is 5. The number of likely N-dealkylation sites (tertiary alicyclic amines) is 1. The second-order valence-electron chi connectivity index (χ2n) is 9.03. The summed E-state index contributed by atoms with van der Waals surface area (Å²) >= 11 is 0. The molecule has 3 heterocycles. The molecular formula is C25H27N3O5. The lowest BCUT2D eigenvalue weighted by atomic mass is 9.90. The van der Waals surface area contributed by atoms with Gasteiger partial charge in [-0.2, -0.15) is 0 Å². The van der Waals surface area contributed by atoms with Gasteiger partial charge in [-0.3, -0.25) is 14.5 Å². The number of ether oxygens (including phenoxy) is 2. The highest BCUT2D eigenvalue weighted by Crippen LogP contribution is 2.37. The lowest BCUT2D eigenvalue weighted by molar-refractivity contribution is -0.139. The van der Waals surface area contributed by atoms with Crippen molar-refractivity contribution < 1.29 is 23.9 Å². The molecule has 0 bridgehead atoms. The molecule has 0 spiro atoms. The largest absolute Gasteiger partial charge is 0.454 e. The summed E-state index contributed by atoms with van der Waals surface area (Å²) in [6.07, 6.45) is 2.83. The normalized spacial score (nSPS) is 22.6. The molecule has 1 atom stereocenters. The van der Waals surface area contributed by atoms with E-state index in [0.29, 0.717) is 36.1 Å². The summed E-state index contributed by atoms with van der Waals surface area (Å²) in [5.41, 5.74) is 0.632. The molecular weight excluding hydrogens is 422 g/mol. The highest BCUT2D eigenvalue weighted by Gasteiger charge is 2.50. The van der Waals surface area contributed by atoms with E-state index in [1.54, 1.807) is 30.0 Å². The zero-order chi connectivity index (χ0) is 23.0. The third kappa shape index (κ3) is 4.01. The van der Waals surface area contributed by atoms with Crippen molar-refractivity contribution in [2.45, 2.75) is 31.7 Å². The number of rotatable bonds is 5. The van der Waals surface area contributed by atoms with Crippen molar-refractivity contribution in [1.82, 2.24) is 15.1 Å². The summed E-state index contributed by atoms with van der Waals surface area (Å²) in [6.45, 7) is 2.79. The first-order chi connectivity index (χ1) is 15.9. The number of fused-ring (bicyclic) bond motifs is 1. The molecule has 0 radical (unpaired) electrons. The summed E-state index contributed by atoms with van der Waals surface area (Å²) in [7, 11) is 0. The smallest absolute Gasteiger partial charge is 0.325 e. The molecule has 4 amide bonds. The molecule has 0 saturated carbocycles. The first-order valence-electron chi connectivity index (χ1n) is 11.3. The van der Waals surface area contributed by atoms with E-state index >= 15 is 0 Å². The average Bonchev–Trinajstić information content (AvgIpc) is 3.38. The van der Waals surface area contributed by atoms with Gasteiger partial charge >= 0.3 is 6.03 Å². The Morgan fingerprint density at radius 2 is 1.79 bits per heavy atom. The minimum atomic E-state index is -1.26. The van der Waals surface area contributed by atoms with Gasteiger partial charge in [-0.15, -0.1) is 0 Å².